The Balaban J connectivity index is 1.86. The maximum absolute atomic E-state index is 13.0. The maximum atomic E-state index is 13.0. The van der Waals surface area contributed by atoms with Gasteiger partial charge in [0.05, 0.1) is 23.4 Å². The second kappa shape index (κ2) is 8.84. The molecule has 0 aliphatic rings. The summed E-state index contributed by atoms with van der Waals surface area (Å²) in [6, 6.07) is 15.0. The molecule has 0 bridgehead atoms. The topological polar surface area (TPSA) is 81.9 Å². The SMILES string of the molecule is Cc1ccc(N(CCC#N)C(=O)CCn2c(=S)[nH]c3ccccc3c2=O)cc1C. The average Bonchev–Trinajstić information content (AvgIpc) is 2.70. The fraction of sp³-hybridized carbons (Fsp3) is 0.273. The van der Waals surface area contributed by atoms with Gasteiger partial charge < -0.3 is 9.88 Å². The van der Waals surface area contributed by atoms with E-state index in [1.165, 1.54) is 4.57 Å². The van der Waals surface area contributed by atoms with Gasteiger partial charge in [0, 0.05) is 25.2 Å². The first-order valence-corrected chi connectivity index (χ1v) is 9.79. The van der Waals surface area contributed by atoms with E-state index in [0.29, 0.717) is 17.4 Å². The van der Waals surface area contributed by atoms with E-state index in [9.17, 15) is 9.59 Å². The van der Waals surface area contributed by atoms with Gasteiger partial charge >= 0.3 is 0 Å². The van der Waals surface area contributed by atoms with Gasteiger partial charge in [-0.15, -0.1) is 0 Å². The van der Waals surface area contributed by atoms with Crippen LogP contribution in [0.5, 0.6) is 0 Å². The van der Waals surface area contributed by atoms with Crippen molar-refractivity contribution in [3.8, 4) is 6.07 Å². The summed E-state index contributed by atoms with van der Waals surface area (Å²) in [6.07, 6.45) is 0.336. The number of rotatable bonds is 6. The summed E-state index contributed by atoms with van der Waals surface area (Å²) in [5.41, 5.74) is 3.42. The van der Waals surface area contributed by atoms with Crippen LogP contribution in [0.25, 0.3) is 10.9 Å². The maximum Gasteiger partial charge on any atom is 0.262 e. The predicted molar refractivity (Wildman–Crippen MR) is 117 cm³/mol. The molecule has 0 radical (unpaired) electrons. The zero-order valence-corrected chi connectivity index (χ0v) is 17.3. The Hall–Kier alpha value is -3.24. The van der Waals surface area contributed by atoms with Crippen LogP contribution >= 0.6 is 12.2 Å². The summed E-state index contributed by atoms with van der Waals surface area (Å²) < 4.78 is 1.70. The zero-order valence-electron chi connectivity index (χ0n) is 16.4. The highest BCUT2D eigenvalue weighted by Crippen LogP contribution is 2.20. The van der Waals surface area contributed by atoms with Crippen LogP contribution in [0.4, 0.5) is 5.69 Å². The molecule has 1 amide bonds. The lowest BCUT2D eigenvalue weighted by molar-refractivity contribution is -0.118. The van der Waals surface area contributed by atoms with Crippen molar-refractivity contribution in [3.63, 3.8) is 0 Å². The number of aryl methyl sites for hydroxylation is 2. The molecule has 6 nitrogen and oxygen atoms in total. The third-order valence-electron chi connectivity index (χ3n) is 4.99. The summed E-state index contributed by atoms with van der Waals surface area (Å²) in [5.74, 6) is -0.155. The summed E-state index contributed by atoms with van der Waals surface area (Å²) in [4.78, 5) is 30.4. The fourth-order valence-corrected chi connectivity index (χ4v) is 3.48. The standard InChI is InChI=1S/C22H22N4O2S/c1-15-8-9-17(14-16(15)2)25(12-5-11-23)20(27)10-13-26-21(28)18-6-3-4-7-19(18)24-22(26)29/h3-4,6-9,14H,5,10,12-13H2,1-2H3,(H,24,29). The second-order valence-electron chi connectivity index (χ2n) is 6.90. The number of H-pyrrole nitrogens is 1. The fourth-order valence-electron chi connectivity index (χ4n) is 3.20. The van der Waals surface area contributed by atoms with Crippen LogP contribution in [0, 0.1) is 29.9 Å². The Morgan fingerprint density at radius 2 is 1.97 bits per heavy atom. The number of fused-ring (bicyclic) bond motifs is 1. The smallest absolute Gasteiger partial charge is 0.262 e. The molecule has 0 unspecified atom stereocenters. The van der Waals surface area contributed by atoms with Crippen LogP contribution in [-0.2, 0) is 11.3 Å². The van der Waals surface area contributed by atoms with Crippen LogP contribution in [0.3, 0.4) is 0 Å². The van der Waals surface area contributed by atoms with Gasteiger partial charge in [0.1, 0.15) is 0 Å². The number of nitrogens with one attached hydrogen (secondary N) is 1. The molecule has 0 aliphatic heterocycles. The van der Waals surface area contributed by atoms with E-state index in [4.69, 9.17) is 17.5 Å². The normalized spacial score (nSPS) is 10.7. The predicted octanol–water partition coefficient (Wildman–Crippen LogP) is 4.01. The summed E-state index contributed by atoms with van der Waals surface area (Å²) >= 11 is 5.32. The van der Waals surface area contributed by atoms with Gasteiger partial charge in [0.25, 0.3) is 5.56 Å². The molecule has 0 atom stereocenters. The van der Waals surface area contributed by atoms with Crippen molar-refractivity contribution in [2.24, 2.45) is 0 Å². The number of nitrogens with zero attached hydrogens (tertiary/aromatic N) is 3. The van der Waals surface area contributed by atoms with Crippen molar-refractivity contribution >= 4 is 34.7 Å². The number of benzene rings is 2. The Morgan fingerprint density at radius 3 is 2.69 bits per heavy atom. The molecule has 3 rings (SSSR count). The Morgan fingerprint density at radius 1 is 1.21 bits per heavy atom. The number of amides is 1. The van der Waals surface area contributed by atoms with E-state index in [2.05, 4.69) is 11.1 Å². The Kier molecular flexibility index (Phi) is 6.25. The Labute approximate surface area is 174 Å². The first kappa shape index (κ1) is 20.5. The molecular formula is C22H22N4O2S. The lowest BCUT2D eigenvalue weighted by Gasteiger charge is -2.23. The van der Waals surface area contributed by atoms with Crippen molar-refractivity contribution in [2.45, 2.75) is 33.2 Å². The molecule has 1 N–H and O–H groups in total. The monoisotopic (exact) mass is 406 g/mol. The molecule has 0 saturated carbocycles. The molecular weight excluding hydrogens is 384 g/mol. The van der Waals surface area contributed by atoms with Gasteiger partial charge in [-0.25, -0.2) is 0 Å². The molecule has 0 aliphatic carbocycles. The van der Waals surface area contributed by atoms with E-state index in [0.717, 1.165) is 16.8 Å². The number of hydrogen-bond donors (Lipinski definition) is 1. The summed E-state index contributed by atoms with van der Waals surface area (Å²) in [7, 11) is 0. The number of hydrogen-bond acceptors (Lipinski definition) is 4. The van der Waals surface area contributed by atoms with Gasteiger partial charge in [-0.3, -0.25) is 14.2 Å². The lowest BCUT2D eigenvalue weighted by Crippen LogP contribution is -2.34. The number of carbonyl (C=O) groups excluding carboxylic acids is 1. The number of aromatic amines is 1. The van der Waals surface area contributed by atoms with Crippen molar-refractivity contribution in [1.82, 2.24) is 9.55 Å². The summed E-state index contributed by atoms with van der Waals surface area (Å²) in [5, 5.41) is 9.50. The molecule has 1 aromatic heterocycles. The molecule has 7 heteroatoms. The van der Waals surface area contributed by atoms with Crippen molar-refractivity contribution < 1.29 is 4.79 Å². The van der Waals surface area contributed by atoms with Crippen LogP contribution in [0.2, 0.25) is 0 Å². The summed E-state index contributed by atoms with van der Waals surface area (Å²) in [6.45, 7) is 4.47. The average molecular weight is 407 g/mol. The van der Waals surface area contributed by atoms with Crippen molar-refractivity contribution in [1.29, 1.82) is 5.26 Å². The minimum atomic E-state index is -0.216. The Bertz CT molecular complexity index is 1220. The first-order chi connectivity index (χ1) is 13.9. The quantitative estimate of drug-likeness (QED) is 0.627. The van der Waals surface area contributed by atoms with Gasteiger partial charge in [-0.1, -0.05) is 18.2 Å². The number of aromatic nitrogens is 2. The van der Waals surface area contributed by atoms with E-state index in [1.54, 1.807) is 23.1 Å². The number of para-hydroxylation sites is 1. The molecule has 29 heavy (non-hydrogen) atoms. The minimum Gasteiger partial charge on any atom is -0.332 e. The third-order valence-corrected chi connectivity index (χ3v) is 5.31. The molecule has 148 valence electrons. The second-order valence-corrected chi connectivity index (χ2v) is 7.29. The highest BCUT2D eigenvalue weighted by Gasteiger charge is 2.17. The van der Waals surface area contributed by atoms with Crippen LogP contribution in [0.1, 0.15) is 24.0 Å². The number of carbonyl (C=O) groups is 1. The largest absolute Gasteiger partial charge is 0.332 e. The van der Waals surface area contributed by atoms with Gasteiger partial charge in [0.2, 0.25) is 5.91 Å². The van der Waals surface area contributed by atoms with Gasteiger partial charge in [0.15, 0.2) is 4.77 Å². The molecule has 0 fully saturated rings. The zero-order chi connectivity index (χ0) is 21.0. The molecule has 0 saturated heterocycles. The first-order valence-electron chi connectivity index (χ1n) is 9.39. The van der Waals surface area contributed by atoms with E-state index in [-0.39, 0.29) is 35.6 Å². The van der Waals surface area contributed by atoms with E-state index >= 15 is 0 Å². The van der Waals surface area contributed by atoms with Gasteiger partial charge in [-0.05, 0) is 61.5 Å². The lowest BCUT2D eigenvalue weighted by atomic mass is 10.1. The van der Waals surface area contributed by atoms with Gasteiger partial charge in [-0.2, -0.15) is 5.26 Å². The molecule has 0 spiro atoms. The van der Waals surface area contributed by atoms with Crippen LogP contribution in [0.15, 0.2) is 47.3 Å². The number of nitriles is 1. The molecule has 2 aromatic carbocycles. The van der Waals surface area contributed by atoms with Crippen LogP contribution < -0.4 is 10.5 Å². The van der Waals surface area contributed by atoms with Crippen molar-refractivity contribution in [2.75, 3.05) is 11.4 Å². The number of anilines is 1. The highest BCUT2D eigenvalue weighted by atomic mass is 32.1. The highest BCUT2D eigenvalue weighted by molar-refractivity contribution is 7.71. The minimum absolute atomic E-state index is 0.105. The van der Waals surface area contributed by atoms with Crippen LogP contribution in [-0.4, -0.2) is 22.0 Å². The molecule has 1 heterocycles. The van der Waals surface area contributed by atoms with E-state index in [1.807, 2.05) is 38.1 Å². The van der Waals surface area contributed by atoms with E-state index < -0.39 is 0 Å². The molecule has 3 aromatic rings. The van der Waals surface area contributed by atoms with Crippen molar-refractivity contribution in [3.05, 3.63) is 68.7 Å². The third kappa shape index (κ3) is 4.44.